The van der Waals surface area contributed by atoms with Crippen molar-refractivity contribution in [3.63, 3.8) is 0 Å². The summed E-state index contributed by atoms with van der Waals surface area (Å²) in [5.74, 6) is -0.454. The summed E-state index contributed by atoms with van der Waals surface area (Å²) in [5, 5.41) is 0.650. The van der Waals surface area contributed by atoms with Crippen LogP contribution in [0.25, 0.3) is 15.8 Å². The number of hydrogen-bond acceptors (Lipinski definition) is 4. The molecule has 0 atom stereocenters. The number of carbonyl (C=O) groups excluding carboxylic acids is 1. The van der Waals surface area contributed by atoms with Crippen molar-refractivity contribution in [1.82, 2.24) is 3.96 Å². The number of benzene rings is 2. The maximum atomic E-state index is 12.4. The number of para-hydroxylation sites is 1. The van der Waals surface area contributed by atoms with Gasteiger partial charge in [0.25, 0.3) is 5.56 Å². The average molecular weight is 285 g/mol. The Labute approximate surface area is 119 Å². The Kier molecular flexibility index (Phi) is 3.12. The first-order chi connectivity index (χ1) is 9.72. The molecule has 20 heavy (non-hydrogen) atoms. The minimum absolute atomic E-state index is 0.123. The van der Waals surface area contributed by atoms with Gasteiger partial charge in [-0.05, 0) is 24.3 Å². The van der Waals surface area contributed by atoms with Crippen molar-refractivity contribution < 1.29 is 9.53 Å². The van der Waals surface area contributed by atoms with Gasteiger partial charge >= 0.3 is 5.97 Å². The van der Waals surface area contributed by atoms with Crippen LogP contribution in [0.4, 0.5) is 0 Å². The number of fused-ring (bicyclic) bond motifs is 1. The molecule has 0 saturated carbocycles. The fourth-order valence-electron chi connectivity index (χ4n) is 2.06. The third-order valence-corrected chi connectivity index (χ3v) is 4.12. The van der Waals surface area contributed by atoms with Crippen LogP contribution in [0.3, 0.4) is 0 Å². The minimum Gasteiger partial charge on any atom is -0.465 e. The van der Waals surface area contributed by atoms with Crippen LogP contribution in [0.1, 0.15) is 10.4 Å². The minimum atomic E-state index is -0.454. The Morgan fingerprint density at radius 3 is 2.55 bits per heavy atom. The number of ether oxygens (including phenoxy) is 1. The van der Waals surface area contributed by atoms with E-state index in [0.717, 1.165) is 4.70 Å². The largest absolute Gasteiger partial charge is 0.465 e. The molecule has 0 saturated heterocycles. The second-order valence-electron chi connectivity index (χ2n) is 4.20. The van der Waals surface area contributed by atoms with E-state index in [-0.39, 0.29) is 5.56 Å². The van der Waals surface area contributed by atoms with E-state index in [9.17, 15) is 9.59 Å². The maximum Gasteiger partial charge on any atom is 0.340 e. The van der Waals surface area contributed by atoms with Gasteiger partial charge in [-0.3, -0.25) is 4.79 Å². The van der Waals surface area contributed by atoms with Crippen molar-refractivity contribution in [3.8, 4) is 5.69 Å². The lowest BCUT2D eigenvalue weighted by atomic mass is 10.2. The Hall–Kier alpha value is -2.40. The third-order valence-electron chi connectivity index (χ3n) is 3.02. The number of aromatic nitrogens is 1. The lowest BCUT2D eigenvalue weighted by Gasteiger charge is -2.06. The van der Waals surface area contributed by atoms with E-state index in [1.165, 1.54) is 22.6 Å². The maximum absolute atomic E-state index is 12.4. The molecule has 0 aliphatic rings. The predicted octanol–water partition coefficient (Wildman–Crippen LogP) is 2.84. The number of hydrogen-bond donors (Lipinski definition) is 0. The number of methoxy groups -OCH3 is 1. The summed E-state index contributed by atoms with van der Waals surface area (Å²) in [6.07, 6.45) is 0. The van der Waals surface area contributed by atoms with Crippen LogP contribution in [-0.2, 0) is 4.74 Å². The summed E-state index contributed by atoms with van der Waals surface area (Å²) in [6, 6.07) is 14.3. The van der Waals surface area contributed by atoms with Crippen LogP contribution in [0.15, 0.2) is 53.3 Å². The first-order valence-corrected chi connectivity index (χ1v) is 6.78. The van der Waals surface area contributed by atoms with E-state index in [4.69, 9.17) is 4.74 Å². The van der Waals surface area contributed by atoms with Crippen molar-refractivity contribution in [3.05, 3.63) is 64.4 Å². The topological polar surface area (TPSA) is 48.3 Å². The average Bonchev–Trinajstić information content (AvgIpc) is 2.84. The van der Waals surface area contributed by atoms with Crippen LogP contribution in [0, 0.1) is 0 Å². The van der Waals surface area contributed by atoms with E-state index < -0.39 is 5.97 Å². The molecule has 1 aromatic heterocycles. The highest BCUT2D eigenvalue weighted by Gasteiger charge is 2.16. The van der Waals surface area contributed by atoms with Gasteiger partial charge in [-0.2, -0.15) is 0 Å². The summed E-state index contributed by atoms with van der Waals surface area (Å²) in [6.45, 7) is 0. The van der Waals surface area contributed by atoms with Gasteiger partial charge in [0, 0.05) is 0 Å². The number of nitrogens with zero attached hydrogens (tertiary/aromatic N) is 1. The molecule has 0 spiro atoms. The molecule has 100 valence electrons. The zero-order valence-electron chi connectivity index (χ0n) is 10.7. The van der Waals surface area contributed by atoms with Crippen molar-refractivity contribution >= 4 is 27.6 Å². The van der Waals surface area contributed by atoms with Crippen molar-refractivity contribution in [1.29, 1.82) is 0 Å². The molecule has 4 nitrogen and oxygen atoms in total. The molecule has 3 aromatic rings. The molecular formula is C15H11NO3S. The first kappa shape index (κ1) is 12.6. The molecule has 0 aliphatic carbocycles. The summed E-state index contributed by atoms with van der Waals surface area (Å²) >= 11 is 1.32. The number of rotatable bonds is 2. The number of carbonyl (C=O) groups is 1. The van der Waals surface area contributed by atoms with Gasteiger partial charge < -0.3 is 4.74 Å². The molecule has 0 bridgehead atoms. The van der Waals surface area contributed by atoms with E-state index in [1.807, 2.05) is 18.2 Å². The SMILES string of the molecule is COC(=O)c1ccccc1-n1sc2ccccc2c1=O. The van der Waals surface area contributed by atoms with E-state index in [1.54, 1.807) is 30.3 Å². The molecule has 0 radical (unpaired) electrons. The Bertz CT molecular complexity index is 847. The quantitative estimate of drug-likeness (QED) is 0.680. The molecule has 0 N–H and O–H groups in total. The van der Waals surface area contributed by atoms with Gasteiger partial charge in [0.15, 0.2) is 0 Å². The van der Waals surface area contributed by atoms with Gasteiger partial charge in [0.05, 0.1) is 28.4 Å². The van der Waals surface area contributed by atoms with E-state index in [0.29, 0.717) is 16.6 Å². The van der Waals surface area contributed by atoms with Crippen LogP contribution in [0.2, 0.25) is 0 Å². The molecule has 1 heterocycles. The Morgan fingerprint density at radius 2 is 1.80 bits per heavy atom. The monoisotopic (exact) mass is 285 g/mol. The molecule has 0 unspecified atom stereocenters. The zero-order valence-corrected chi connectivity index (χ0v) is 11.5. The standard InChI is InChI=1S/C15H11NO3S/c1-19-15(18)10-6-2-4-8-12(10)16-14(17)11-7-3-5-9-13(11)20-16/h2-9H,1H3. The molecule has 5 heteroatoms. The second kappa shape index (κ2) is 4.94. The van der Waals surface area contributed by atoms with Gasteiger partial charge in [-0.15, -0.1) is 0 Å². The lowest BCUT2D eigenvalue weighted by molar-refractivity contribution is 0.0601. The summed E-state index contributed by atoms with van der Waals surface area (Å²) in [5.41, 5.74) is 0.802. The van der Waals surface area contributed by atoms with E-state index in [2.05, 4.69) is 0 Å². The van der Waals surface area contributed by atoms with Gasteiger partial charge in [-0.25, -0.2) is 8.75 Å². The van der Waals surface area contributed by atoms with Crippen molar-refractivity contribution in [2.24, 2.45) is 0 Å². The Balaban J connectivity index is 2.29. The second-order valence-corrected chi connectivity index (χ2v) is 5.18. The summed E-state index contributed by atoms with van der Waals surface area (Å²) in [4.78, 5) is 24.2. The number of esters is 1. The highest BCUT2D eigenvalue weighted by molar-refractivity contribution is 7.14. The fourth-order valence-corrected chi connectivity index (χ4v) is 3.09. The zero-order chi connectivity index (χ0) is 14.1. The smallest absolute Gasteiger partial charge is 0.340 e. The molecule has 0 aliphatic heterocycles. The van der Waals surface area contributed by atoms with Gasteiger partial charge in [-0.1, -0.05) is 35.8 Å². The van der Waals surface area contributed by atoms with Crippen LogP contribution in [-0.4, -0.2) is 17.0 Å². The fraction of sp³-hybridized carbons (Fsp3) is 0.0667. The molecule has 2 aromatic carbocycles. The normalized spacial score (nSPS) is 10.7. The molecule has 0 amide bonds. The molecular weight excluding hydrogens is 274 g/mol. The first-order valence-electron chi connectivity index (χ1n) is 6.01. The van der Waals surface area contributed by atoms with Crippen molar-refractivity contribution in [2.45, 2.75) is 0 Å². The Morgan fingerprint density at radius 1 is 1.10 bits per heavy atom. The van der Waals surface area contributed by atoms with Crippen LogP contribution in [0.5, 0.6) is 0 Å². The summed E-state index contributed by atoms with van der Waals surface area (Å²) in [7, 11) is 1.33. The van der Waals surface area contributed by atoms with Gasteiger partial charge in [0.2, 0.25) is 0 Å². The summed E-state index contributed by atoms with van der Waals surface area (Å²) < 4.78 is 7.17. The highest BCUT2D eigenvalue weighted by Crippen LogP contribution is 2.22. The van der Waals surface area contributed by atoms with Crippen LogP contribution < -0.4 is 5.56 Å². The van der Waals surface area contributed by atoms with Crippen molar-refractivity contribution in [2.75, 3.05) is 7.11 Å². The highest BCUT2D eigenvalue weighted by atomic mass is 32.1. The van der Waals surface area contributed by atoms with E-state index >= 15 is 0 Å². The predicted molar refractivity (Wildman–Crippen MR) is 78.8 cm³/mol. The molecule has 0 fully saturated rings. The molecule has 3 rings (SSSR count). The lowest BCUT2D eigenvalue weighted by Crippen LogP contribution is -2.15. The van der Waals surface area contributed by atoms with Crippen LogP contribution >= 0.6 is 11.5 Å². The third kappa shape index (κ3) is 1.92. The van der Waals surface area contributed by atoms with Gasteiger partial charge in [0.1, 0.15) is 0 Å².